The van der Waals surface area contributed by atoms with Crippen molar-refractivity contribution in [2.75, 3.05) is 38.6 Å². The number of hydrogen-bond acceptors (Lipinski definition) is 5. The minimum absolute atomic E-state index is 0.204. The van der Waals surface area contributed by atoms with Crippen molar-refractivity contribution < 1.29 is 14.3 Å². The molecule has 0 bridgehead atoms. The second-order valence-corrected chi connectivity index (χ2v) is 5.89. The van der Waals surface area contributed by atoms with Gasteiger partial charge < -0.3 is 20.3 Å². The van der Waals surface area contributed by atoms with Crippen molar-refractivity contribution in [3.05, 3.63) is 53.9 Å². The van der Waals surface area contributed by atoms with Crippen LogP contribution in [0.3, 0.4) is 0 Å². The fourth-order valence-electron chi connectivity index (χ4n) is 2.62. The first-order valence-corrected chi connectivity index (χ1v) is 8.99. The number of carbonyl (C=O) groups excluding carboxylic acids is 2. The number of rotatable bonds is 9. The Hall–Kier alpha value is -2.93. The van der Waals surface area contributed by atoms with Crippen LogP contribution in [0.4, 0.5) is 5.69 Å². The van der Waals surface area contributed by atoms with E-state index in [1.807, 2.05) is 0 Å². The highest BCUT2D eigenvalue weighted by atomic mass is 16.5. The summed E-state index contributed by atoms with van der Waals surface area (Å²) < 4.78 is 5.33. The highest BCUT2D eigenvalue weighted by Crippen LogP contribution is 2.23. The van der Waals surface area contributed by atoms with Crippen molar-refractivity contribution in [1.29, 1.82) is 0 Å². The number of amides is 2. The average Bonchev–Trinajstić information content (AvgIpc) is 2.71. The van der Waals surface area contributed by atoms with E-state index in [0.29, 0.717) is 29.1 Å². The third-order valence-electron chi connectivity index (χ3n) is 4.24. The maximum absolute atomic E-state index is 12.4. The lowest BCUT2D eigenvalue weighted by molar-refractivity contribution is 0.0945. The van der Waals surface area contributed by atoms with Gasteiger partial charge in [0.05, 0.1) is 18.2 Å². The van der Waals surface area contributed by atoms with Crippen LogP contribution in [0.25, 0.3) is 0 Å². The third kappa shape index (κ3) is 5.79. The van der Waals surface area contributed by atoms with Gasteiger partial charge in [-0.2, -0.15) is 0 Å². The lowest BCUT2D eigenvalue weighted by atomic mass is 10.1. The molecule has 0 spiro atoms. The molecule has 0 atom stereocenters. The van der Waals surface area contributed by atoms with Crippen LogP contribution in [0, 0.1) is 0 Å². The molecule has 0 radical (unpaired) electrons. The number of anilines is 1. The van der Waals surface area contributed by atoms with E-state index in [2.05, 4.69) is 34.4 Å². The first kappa shape index (κ1) is 20.4. The third-order valence-corrected chi connectivity index (χ3v) is 4.24. The van der Waals surface area contributed by atoms with Gasteiger partial charge in [-0.3, -0.25) is 14.6 Å². The Bertz CT molecular complexity index is 761. The second-order valence-electron chi connectivity index (χ2n) is 5.89. The van der Waals surface area contributed by atoms with Crippen LogP contribution >= 0.6 is 0 Å². The molecule has 1 aromatic heterocycles. The van der Waals surface area contributed by atoms with E-state index in [0.717, 1.165) is 19.6 Å². The molecule has 0 aliphatic carbocycles. The molecule has 0 aliphatic rings. The number of pyridine rings is 1. The van der Waals surface area contributed by atoms with Crippen molar-refractivity contribution in [3.63, 3.8) is 0 Å². The topological polar surface area (TPSA) is 83.6 Å². The van der Waals surface area contributed by atoms with Crippen molar-refractivity contribution in [1.82, 2.24) is 15.2 Å². The van der Waals surface area contributed by atoms with Crippen LogP contribution < -0.4 is 15.4 Å². The van der Waals surface area contributed by atoms with E-state index in [-0.39, 0.29) is 11.8 Å². The summed E-state index contributed by atoms with van der Waals surface area (Å²) in [5, 5.41) is 5.68. The maximum atomic E-state index is 12.4. The van der Waals surface area contributed by atoms with Gasteiger partial charge in [0, 0.05) is 37.2 Å². The van der Waals surface area contributed by atoms with Crippen LogP contribution in [0.2, 0.25) is 0 Å². The summed E-state index contributed by atoms with van der Waals surface area (Å²) in [7, 11) is 1.49. The van der Waals surface area contributed by atoms with Crippen molar-refractivity contribution in [2.45, 2.75) is 13.8 Å². The highest BCUT2D eigenvalue weighted by molar-refractivity contribution is 6.04. The predicted octanol–water partition coefficient (Wildman–Crippen LogP) is 2.41. The Balaban J connectivity index is 2.02. The van der Waals surface area contributed by atoms with Crippen molar-refractivity contribution in [3.8, 4) is 5.75 Å². The monoisotopic (exact) mass is 370 g/mol. The summed E-state index contributed by atoms with van der Waals surface area (Å²) in [6.45, 7) is 7.42. The van der Waals surface area contributed by atoms with Crippen molar-refractivity contribution in [2.24, 2.45) is 0 Å². The molecule has 0 saturated carbocycles. The Labute approximate surface area is 159 Å². The Morgan fingerprint density at radius 1 is 1.15 bits per heavy atom. The lowest BCUT2D eigenvalue weighted by Gasteiger charge is -2.18. The van der Waals surface area contributed by atoms with Gasteiger partial charge in [-0.05, 0) is 37.4 Å². The first-order valence-electron chi connectivity index (χ1n) is 8.99. The number of methoxy groups -OCH3 is 1. The SMILES string of the molecule is CCN(CC)CCNC(=O)c1ccc(NC(=O)c2cccnc2)cc1OC. The maximum Gasteiger partial charge on any atom is 0.257 e. The molecule has 0 fully saturated rings. The normalized spacial score (nSPS) is 10.5. The molecule has 144 valence electrons. The number of nitrogens with zero attached hydrogens (tertiary/aromatic N) is 2. The molecule has 0 aliphatic heterocycles. The number of nitrogens with one attached hydrogen (secondary N) is 2. The zero-order chi connectivity index (χ0) is 19.6. The summed E-state index contributed by atoms with van der Waals surface area (Å²) in [6, 6.07) is 8.33. The van der Waals surface area contributed by atoms with E-state index >= 15 is 0 Å². The van der Waals surface area contributed by atoms with Crippen LogP contribution in [0.15, 0.2) is 42.7 Å². The van der Waals surface area contributed by atoms with E-state index in [1.165, 1.54) is 13.3 Å². The van der Waals surface area contributed by atoms with E-state index < -0.39 is 0 Å². The molecule has 2 aromatic rings. The van der Waals surface area contributed by atoms with Gasteiger partial charge in [0.1, 0.15) is 5.75 Å². The number of benzene rings is 1. The molecule has 7 nitrogen and oxygen atoms in total. The van der Waals surface area contributed by atoms with Gasteiger partial charge in [-0.15, -0.1) is 0 Å². The molecule has 27 heavy (non-hydrogen) atoms. The fraction of sp³-hybridized carbons (Fsp3) is 0.350. The van der Waals surface area contributed by atoms with Crippen molar-refractivity contribution >= 4 is 17.5 Å². The fourth-order valence-corrected chi connectivity index (χ4v) is 2.62. The van der Waals surface area contributed by atoms with E-state index in [9.17, 15) is 9.59 Å². The van der Waals surface area contributed by atoms with Gasteiger partial charge in [0.15, 0.2) is 0 Å². The average molecular weight is 370 g/mol. The quantitative estimate of drug-likeness (QED) is 0.708. The Morgan fingerprint density at radius 3 is 2.56 bits per heavy atom. The summed E-state index contributed by atoms with van der Waals surface area (Å²) in [6.07, 6.45) is 3.09. The zero-order valence-electron chi connectivity index (χ0n) is 16.0. The zero-order valence-corrected chi connectivity index (χ0v) is 16.0. The van der Waals surface area contributed by atoms with E-state index in [4.69, 9.17) is 4.74 Å². The van der Waals surface area contributed by atoms with Crippen LogP contribution in [-0.2, 0) is 0 Å². The van der Waals surface area contributed by atoms with Crippen LogP contribution in [-0.4, -0.2) is 55.0 Å². The number of ether oxygens (including phenoxy) is 1. The lowest BCUT2D eigenvalue weighted by Crippen LogP contribution is -2.34. The Kier molecular flexibility index (Phi) is 7.76. The highest BCUT2D eigenvalue weighted by Gasteiger charge is 2.14. The van der Waals surface area contributed by atoms with Crippen LogP contribution in [0.5, 0.6) is 5.75 Å². The van der Waals surface area contributed by atoms with Gasteiger partial charge in [0.25, 0.3) is 11.8 Å². The standard InChI is InChI=1S/C20H26N4O3/c1-4-24(5-2)12-11-22-20(26)17-9-8-16(13-18(17)27-3)23-19(25)15-7-6-10-21-14-15/h6-10,13-14H,4-5,11-12H2,1-3H3,(H,22,26)(H,23,25). The molecule has 0 unspecified atom stereocenters. The van der Waals surface area contributed by atoms with Gasteiger partial charge in [-0.1, -0.05) is 13.8 Å². The van der Waals surface area contributed by atoms with Crippen LogP contribution in [0.1, 0.15) is 34.6 Å². The Morgan fingerprint density at radius 2 is 1.93 bits per heavy atom. The molecule has 2 rings (SSSR count). The smallest absolute Gasteiger partial charge is 0.257 e. The molecule has 1 heterocycles. The van der Waals surface area contributed by atoms with Gasteiger partial charge >= 0.3 is 0 Å². The molecule has 2 amide bonds. The minimum atomic E-state index is -0.276. The first-order chi connectivity index (χ1) is 13.1. The summed E-state index contributed by atoms with van der Waals surface area (Å²) in [5.41, 5.74) is 1.42. The molecular formula is C20H26N4O3. The van der Waals surface area contributed by atoms with E-state index in [1.54, 1.807) is 36.5 Å². The van der Waals surface area contributed by atoms with Gasteiger partial charge in [0.2, 0.25) is 0 Å². The summed E-state index contributed by atoms with van der Waals surface area (Å²) in [4.78, 5) is 30.8. The minimum Gasteiger partial charge on any atom is -0.496 e. The molecule has 0 saturated heterocycles. The summed E-state index contributed by atoms with van der Waals surface area (Å²) >= 11 is 0. The molecular weight excluding hydrogens is 344 g/mol. The number of hydrogen-bond donors (Lipinski definition) is 2. The predicted molar refractivity (Wildman–Crippen MR) is 105 cm³/mol. The van der Waals surface area contributed by atoms with Gasteiger partial charge in [-0.25, -0.2) is 0 Å². The number of aromatic nitrogens is 1. The molecule has 1 aromatic carbocycles. The largest absolute Gasteiger partial charge is 0.496 e. The molecule has 7 heteroatoms. The second kappa shape index (κ2) is 10.3. The molecule has 2 N–H and O–H groups in total. The summed E-state index contributed by atoms with van der Waals surface area (Å²) in [5.74, 6) is -0.0787. The number of carbonyl (C=O) groups is 2. The number of likely N-dealkylation sites (N-methyl/N-ethyl adjacent to an activating group) is 1.